The second-order valence-corrected chi connectivity index (χ2v) is 6.82. The van der Waals surface area contributed by atoms with Gasteiger partial charge in [-0.05, 0) is 18.9 Å². The summed E-state index contributed by atoms with van der Waals surface area (Å²) in [7, 11) is 1.56. The van der Waals surface area contributed by atoms with Crippen LogP contribution in [0.25, 0.3) is 5.57 Å². The van der Waals surface area contributed by atoms with Gasteiger partial charge in [-0.1, -0.05) is 25.2 Å². The van der Waals surface area contributed by atoms with Gasteiger partial charge in [0, 0.05) is 31.9 Å². The largest absolute Gasteiger partial charge is 0.502 e. The number of ether oxygens (including phenoxy) is 2. The Balaban J connectivity index is 1.94. The number of anilines is 1. The molecule has 1 amide bonds. The number of hydrogen-bond acceptors (Lipinski definition) is 8. The van der Waals surface area contributed by atoms with Gasteiger partial charge in [0.1, 0.15) is 31.1 Å². The number of carbonyl (C=O) groups is 1. The van der Waals surface area contributed by atoms with Crippen molar-refractivity contribution in [3.63, 3.8) is 0 Å². The minimum atomic E-state index is 0.0231. The van der Waals surface area contributed by atoms with E-state index in [1.807, 2.05) is 24.3 Å². The minimum absolute atomic E-state index is 0.0231. The molecule has 1 fully saturated rings. The van der Waals surface area contributed by atoms with Crippen LogP contribution in [-0.2, 0) is 14.3 Å². The second kappa shape index (κ2) is 14.4. The topological polar surface area (TPSA) is 112 Å². The Kier molecular flexibility index (Phi) is 11.1. The van der Waals surface area contributed by atoms with Crippen LogP contribution >= 0.6 is 0 Å². The minimum Gasteiger partial charge on any atom is -0.502 e. The summed E-state index contributed by atoms with van der Waals surface area (Å²) in [6.07, 6.45) is 14.0. The molecule has 0 unspecified atom stereocenters. The molecule has 170 valence electrons. The van der Waals surface area contributed by atoms with Crippen molar-refractivity contribution in [1.29, 1.82) is 5.26 Å². The number of nitriles is 1. The Labute approximate surface area is 189 Å². The lowest BCUT2D eigenvalue weighted by Gasteiger charge is -2.26. The molecule has 2 rings (SSSR count). The van der Waals surface area contributed by atoms with Gasteiger partial charge in [-0.15, -0.1) is 0 Å². The first kappa shape index (κ1) is 24.6. The van der Waals surface area contributed by atoms with Gasteiger partial charge in [-0.3, -0.25) is 4.79 Å². The smallest absolute Gasteiger partial charge is 0.248 e. The molecular weight excluding hydrogens is 408 g/mol. The Bertz CT molecular complexity index is 901. The van der Waals surface area contributed by atoms with E-state index in [-0.39, 0.29) is 12.5 Å². The van der Waals surface area contributed by atoms with Gasteiger partial charge in [-0.25, -0.2) is 9.97 Å². The summed E-state index contributed by atoms with van der Waals surface area (Å²) >= 11 is 0. The van der Waals surface area contributed by atoms with Crippen LogP contribution in [0.1, 0.15) is 25.5 Å². The maximum absolute atomic E-state index is 11.7. The van der Waals surface area contributed by atoms with Crippen LogP contribution < -0.4 is 10.6 Å². The number of aromatic nitrogens is 2. The zero-order valence-corrected chi connectivity index (χ0v) is 18.6. The molecule has 0 radical (unpaired) electrons. The fourth-order valence-corrected chi connectivity index (χ4v) is 2.82. The number of nitrogens with zero attached hydrogens (tertiary/aromatic N) is 4. The van der Waals surface area contributed by atoms with Crippen molar-refractivity contribution < 1.29 is 14.3 Å². The van der Waals surface area contributed by atoms with Crippen LogP contribution in [-0.4, -0.2) is 60.7 Å². The molecule has 0 saturated carbocycles. The number of amides is 1. The second-order valence-electron chi connectivity index (χ2n) is 6.82. The van der Waals surface area contributed by atoms with Gasteiger partial charge < -0.3 is 25.0 Å². The number of rotatable bonds is 12. The van der Waals surface area contributed by atoms with Gasteiger partial charge in [0.15, 0.2) is 0 Å². The lowest BCUT2D eigenvalue weighted by molar-refractivity contribution is -0.142. The lowest BCUT2D eigenvalue weighted by atomic mass is 10.2. The van der Waals surface area contributed by atoms with Crippen LogP contribution in [0.2, 0.25) is 0 Å². The monoisotopic (exact) mass is 438 g/mol. The predicted octanol–water partition coefficient (Wildman–Crippen LogP) is 2.60. The zero-order chi connectivity index (χ0) is 23.0. The fraction of sp³-hybridized carbons (Fsp3) is 0.391. The molecule has 2 N–H and O–H groups in total. The summed E-state index contributed by atoms with van der Waals surface area (Å²) in [6, 6.07) is 3.87. The maximum Gasteiger partial charge on any atom is 0.248 e. The van der Waals surface area contributed by atoms with Gasteiger partial charge in [0.25, 0.3) is 0 Å². The van der Waals surface area contributed by atoms with Crippen LogP contribution in [0.15, 0.2) is 54.9 Å². The Hall–Kier alpha value is -3.64. The van der Waals surface area contributed by atoms with E-state index in [2.05, 4.69) is 33.6 Å². The number of allylic oxidation sites excluding steroid dienone is 5. The van der Waals surface area contributed by atoms with E-state index in [1.165, 1.54) is 6.33 Å². The summed E-state index contributed by atoms with van der Waals surface area (Å²) in [6.45, 7) is 4.73. The van der Waals surface area contributed by atoms with Crippen molar-refractivity contribution in [3.05, 3.63) is 60.6 Å². The molecule has 2 heterocycles. The summed E-state index contributed by atoms with van der Waals surface area (Å²) in [4.78, 5) is 22.0. The highest BCUT2D eigenvalue weighted by Crippen LogP contribution is 2.13. The van der Waals surface area contributed by atoms with Crippen LogP contribution in [0, 0.1) is 11.3 Å². The predicted molar refractivity (Wildman–Crippen MR) is 123 cm³/mol. The molecule has 0 spiro atoms. The first-order valence-corrected chi connectivity index (χ1v) is 10.5. The van der Waals surface area contributed by atoms with E-state index in [4.69, 9.17) is 9.47 Å². The van der Waals surface area contributed by atoms with Crippen molar-refractivity contribution in [3.8, 4) is 6.07 Å². The molecular formula is C23H30N6O3. The SMILES string of the molecule is CC\C=C/C=C\C(=C\OC)N/C=C(\C#N)c1cc(NCCCN2CCOCC2=O)ncn1. The maximum atomic E-state index is 11.7. The molecule has 1 aliphatic heterocycles. The lowest BCUT2D eigenvalue weighted by Crippen LogP contribution is -2.42. The highest BCUT2D eigenvalue weighted by Gasteiger charge is 2.17. The molecule has 0 bridgehead atoms. The fourth-order valence-electron chi connectivity index (χ4n) is 2.82. The summed E-state index contributed by atoms with van der Waals surface area (Å²) in [5, 5.41) is 15.9. The molecule has 9 heteroatoms. The number of morpholine rings is 1. The highest BCUT2D eigenvalue weighted by molar-refractivity contribution is 5.78. The van der Waals surface area contributed by atoms with E-state index in [0.29, 0.717) is 49.0 Å². The van der Waals surface area contributed by atoms with Crippen LogP contribution in [0.5, 0.6) is 0 Å². The standard InChI is InChI=1S/C23H30N6O3/c1-3-4-5-6-8-20(16-31-2)26-15-19(14-24)21-13-22(28-18-27-21)25-9-7-10-29-11-12-32-17-23(29)30/h4-6,8,13,15-16,18,26H,3,7,9-12,17H2,1-2H3,(H,25,27,28)/b5-4-,8-6-,19-15+,20-16-. The summed E-state index contributed by atoms with van der Waals surface area (Å²) in [5.74, 6) is 0.636. The quantitative estimate of drug-likeness (QED) is 0.222. The number of carbonyl (C=O) groups excluding carboxylic acids is 1. The molecule has 9 nitrogen and oxygen atoms in total. The molecule has 1 aromatic rings. The van der Waals surface area contributed by atoms with Crippen molar-refractivity contribution in [2.24, 2.45) is 0 Å². The normalized spacial score (nSPS) is 15.3. The Morgan fingerprint density at radius 1 is 1.41 bits per heavy atom. The van der Waals surface area contributed by atoms with Crippen molar-refractivity contribution in [2.45, 2.75) is 19.8 Å². The first-order chi connectivity index (χ1) is 15.7. The van der Waals surface area contributed by atoms with E-state index < -0.39 is 0 Å². The molecule has 1 saturated heterocycles. The molecule has 0 atom stereocenters. The van der Waals surface area contributed by atoms with Gasteiger partial charge in [-0.2, -0.15) is 5.26 Å². The number of hydrogen-bond donors (Lipinski definition) is 2. The van der Waals surface area contributed by atoms with Crippen molar-refractivity contribution in [2.75, 3.05) is 45.3 Å². The van der Waals surface area contributed by atoms with Gasteiger partial charge in [0.05, 0.1) is 30.7 Å². The van der Waals surface area contributed by atoms with E-state index in [9.17, 15) is 10.1 Å². The Morgan fingerprint density at radius 2 is 2.28 bits per heavy atom. The summed E-state index contributed by atoms with van der Waals surface area (Å²) < 4.78 is 10.2. The van der Waals surface area contributed by atoms with E-state index >= 15 is 0 Å². The average molecular weight is 439 g/mol. The molecule has 32 heavy (non-hydrogen) atoms. The van der Waals surface area contributed by atoms with E-state index in [0.717, 1.165) is 12.8 Å². The average Bonchev–Trinajstić information content (AvgIpc) is 2.81. The van der Waals surface area contributed by atoms with Crippen LogP contribution in [0.3, 0.4) is 0 Å². The van der Waals surface area contributed by atoms with Gasteiger partial charge >= 0.3 is 0 Å². The first-order valence-electron chi connectivity index (χ1n) is 10.5. The highest BCUT2D eigenvalue weighted by atomic mass is 16.5. The third-order valence-corrected chi connectivity index (χ3v) is 4.44. The molecule has 0 aliphatic carbocycles. The number of methoxy groups -OCH3 is 1. The summed E-state index contributed by atoms with van der Waals surface area (Å²) in [5.41, 5.74) is 1.53. The van der Waals surface area contributed by atoms with Crippen LogP contribution in [0.4, 0.5) is 5.82 Å². The van der Waals surface area contributed by atoms with Crippen molar-refractivity contribution in [1.82, 2.24) is 20.2 Å². The van der Waals surface area contributed by atoms with Crippen molar-refractivity contribution >= 4 is 17.3 Å². The third kappa shape index (κ3) is 8.62. The third-order valence-electron chi connectivity index (χ3n) is 4.44. The molecule has 0 aromatic carbocycles. The zero-order valence-electron chi connectivity index (χ0n) is 18.6. The molecule has 1 aliphatic rings. The van der Waals surface area contributed by atoms with E-state index in [1.54, 1.807) is 30.5 Å². The Morgan fingerprint density at radius 3 is 3.03 bits per heavy atom. The number of nitrogens with one attached hydrogen (secondary N) is 2. The molecule has 1 aromatic heterocycles. The van der Waals surface area contributed by atoms with Gasteiger partial charge in [0.2, 0.25) is 5.91 Å².